The predicted molar refractivity (Wildman–Crippen MR) is 110 cm³/mol. The molecule has 0 aliphatic heterocycles. The molecule has 9 nitrogen and oxygen atoms in total. The zero-order valence-electron chi connectivity index (χ0n) is 16.9. The maximum absolute atomic E-state index is 12.3. The lowest BCUT2D eigenvalue weighted by atomic mass is 10.2. The van der Waals surface area contributed by atoms with Crippen LogP contribution >= 0.6 is 11.3 Å². The summed E-state index contributed by atoms with van der Waals surface area (Å²) in [6.45, 7) is 4.98. The van der Waals surface area contributed by atoms with E-state index in [1.54, 1.807) is 25.1 Å². The first-order valence-corrected chi connectivity index (χ1v) is 11.7. The van der Waals surface area contributed by atoms with Crippen molar-refractivity contribution in [3.05, 3.63) is 28.6 Å². The first kappa shape index (κ1) is 23.2. The maximum Gasteiger partial charge on any atom is 0.338 e. The Hall–Kier alpha value is -2.08. The third kappa shape index (κ3) is 6.20. The number of rotatable bonds is 9. The van der Waals surface area contributed by atoms with E-state index < -0.39 is 21.9 Å². The van der Waals surface area contributed by atoms with Gasteiger partial charge in [0.1, 0.15) is 0 Å². The number of fused-ring (bicyclic) bond motifs is 1. The molecule has 0 fully saturated rings. The van der Waals surface area contributed by atoms with Crippen LogP contribution in [0.3, 0.4) is 0 Å². The lowest BCUT2D eigenvalue weighted by molar-refractivity contribution is -0.118. The van der Waals surface area contributed by atoms with Crippen molar-refractivity contribution in [2.45, 2.75) is 20.4 Å². The van der Waals surface area contributed by atoms with Gasteiger partial charge in [-0.25, -0.2) is 13.2 Å². The molecule has 1 aromatic carbocycles. The third-order valence-corrected chi connectivity index (χ3v) is 6.30. The van der Waals surface area contributed by atoms with E-state index in [4.69, 9.17) is 9.47 Å². The van der Waals surface area contributed by atoms with Crippen molar-refractivity contribution in [3.63, 3.8) is 0 Å². The zero-order valence-corrected chi connectivity index (χ0v) is 18.5. The Morgan fingerprint density at radius 2 is 1.97 bits per heavy atom. The van der Waals surface area contributed by atoms with Crippen molar-refractivity contribution in [1.82, 2.24) is 8.87 Å². The van der Waals surface area contributed by atoms with Gasteiger partial charge in [0.2, 0.25) is 10.0 Å². The van der Waals surface area contributed by atoms with Gasteiger partial charge in [-0.15, -0.1) is 0 Å². The second-order valence-electron chi connectivity index (χ2n) is 6.16. The molecule has 1 heterocycles. The Morgan fingerprint density at radius 3 is 2.59 bits per heavy atom. The lowest BCUT2D eigenvalue weighted by Crippen LogP contribution is -2.31. The van der Waals surface area contributed by atoms with Gasteiger partial charge in [0.05, 0.1) is 41.8 Å². The van der Waals surface area contributed by atoms with E-state index in [0.29, 0.717) is 30.1 Å². The highest BCUT2D eigenvalue weighted by atomic mass is 32.2. The number of nitrogens with zero attached hydrogens (tertiary/aromatic N) is 3. The van der Waals surface area contributed by atoms with Crippen LogP contribution in [-0.2, 0) is 30.8 Å². The number of amides is 1. The average molecular weight is 444 g/mol. The van der Waals surface area contributed by atoms with Crippen molar-refractivity contribution < 1.29 is 27.5 Å². The van der Waals surface area contributed by atoms with E-state index in [1.807, 2.05) is 11.5 Å². The Bertz CT molecular complexity index is 1060. The number of likely N-dealkylation sites (N-methyl/N-ethyl adjacent to an activating group) is 1. The minimum atomic E-state index is -3.49. The third-order valence-electron chi connectivity index (χ3n) is 4.00. The van der Waals surface area contributed by atoms with E-state index in [1.165, 1.54) is 18.4 Å². The molecule has 160 valence electrons. The van der Waals surface area contributed by atoms with Gasteiger partial charge in [-0.2, -0.15) is 9.30 Å². The number of aromatic nitrogens is 1. The molecule has 0 aliphatic rings. The second-order valence-corrected chi connectivity index (χ2v) is 9.26. The number of benzene rings is 1. The van der Waals surface area contributed by atoms with Crippen molar-refractivity contribution in [3.8, 4) is 0 Å². The standard InChI is InChI=1S/C18H25N3O6S2/c1-5-26-10-9-21-14-8-7-13(17(23)27-6-2)11-15(14)28-18(21)19-16(22)12-20(3)29(4,24)25/h7-8,11H,5-6,9-10,12H2,1-4H3. The fraction of sp³-hybridized carbons (Fsp3) is 0.500. The van der Waals surface area contributed by atoms with E-state index >= 15 is 0 Å². The summed E-state index contributed by atoms with van der Waals surface area (Å²) < 4.78 is 37.0. The van der Waals surface area contributed by atoms with Crippen LogP contribution in [0.15, 0.2) is 23.2 Å². The molecule has 1 amide bonds. The van der Waals surface area contributed by atoms with Crippen molar-refractivity contribution in [2.75, 3.05) is 39.7 Å². The minimum Gasteiger partial charge on any atom is -0.462 e. The number of esters is 1. The second kappa shape index (κ2) is 10.1. The van der Waals surface area contributed by atoms with Crippen LogP contribution in [0.5, 0.6) is 0 Å². The Balaban J connectivity index is 2.46. The van der Waals surface area contributed by atoms with E-state index in [-0.39, 0.29) is 13.2 Å². The molecule has 0 spiro atoms. The van der Waals surface area contributed by atoms with Crippen LogP contribution in [0.4, 0.5) is 0 Å². The summed E-state index contributed by atoms with van der Waals surface area (Å²) in [6, 6.07) is 5.13. The highest BCUT2D eigenvalue weighted by Crippen LogP contribution is 2.20. The molecule has 2 aromatic rings. The summed E-state index contributed by atoms with van der Waals surface area (Å²) in [4.78, 5) is 28.8. The number of hydrogen-bond donors (Lipinski definition) is 0. The van der Waals surface area contributed by atoms with Crippen LogP contribution in [0.25, 0.3) is 10.2 Å². The van der Waals surface area contributed by atoms with Gasteiger partial charge in [0.25, 0.3) is 5.91 Å². The number of ether oxygens (including phenoxy) is 2. The Labute approximate surface area is 173 Å². The molecular weight excluding hydrogens is 418 g/mol. The molecule has 11 heteroatoms. The summed E-state index contributed by atoms with van der Waals surface area (Å²) >= 11 is 1.24. The van der Waals surface area contributed by atoms with E-state index in [0.717, 1.165) is 20.8 Å². The fourth-order valence-electron chi connectivity index (χ4n) is 2.47. The molecular formula is C18H25N3O6S2. The number of thiazole rings is 1. The van der Waals surface area contributed by atoms with Gasteiger partial charge in [-0.05, 0) is 32.0 Å². The Kier molecular flexibility index (Phi) is 8.08. The van der Waals surface area contributed by atoms with Gasteiger partial charge >= 0.3 is 5.97 Å². The summed E-state index contributed by atoms with van der Waals surface area (Å²) in [6.07, 6.45) is 1.03. The van der Waals surface area contributed by atoms with Gasteiger partial charge in [-0.1, -0.05) is 11.3 Å². The number of carbonyl (C=O) groups is 2. The average Bonchev–Trinajstić information content (AvgIpc) is 2.97. The smallest absolute Gasteiger partial charge is 0.338 e. The first-order valence-electron chi connectivity index (χ1n) is 9.04. The van der Waals surface area contributed by atoms with Gasteiger partial charge in [0, 0.05) is 20.2 Å². The summed E-state index contributed by atoms with van der Waals surface area (Å²) in [5, 5.41) is 0. The van der Waals surface area contributed by atoms with Gasteiger partial charge < -0.3 is 14.0 Å². The van der Waals surface area contributed by atoms with Crippen LogP contribution in [-0.4, -0.2) is 68.8 Å². The molecule has 0 unspecified atom stereocenters. The number of carbonyl (C=O) groups excluding carboxylic acids is 2. The van der Waals surface area contributed by atoms with Crippen LogP contribution in [0, 0.1) is 0 Å². The topological polar surface area (TPSA) is 107 Å². The number of sulfonamides is 1. The first-order chi connectivity index (χ1) is 13.7. The van der Waals surface area contributed by atoms with Gasteiger partial charge in [0.15, 0.2) is 4.80 Å². The SMILES string of the molecule is CCOCCn1c(=NC(=O)CN(C)S(C)(=O)=O)sc2cc(C(=O)OCC)ccc21. The largest absolute Gasteiger partial charge is 0.462 e. The monoisotopic (exact) mass is 443 g/mol. The summed E-state index contributed by atoms with van der Waals surface area (Å²) in [7, 11) is -2.16. The Morgan fingerprint density at radius 1 is 1.24 bits per heavy atom. The van der Waals surface area contributed by atoms with Crippen molar-refractivity contribution in [2.24, 2.45) is 4.99 Å². The molecule has 1 aromatic heterocycles. The summed E-state index contributed by atoms with van der Waals surface area (Å²) in [5.41, 5.74) is 1.21. The molecule has 0 bridgehead atoms. The highest BCUT2D eigenvalue weighted by Gasteiger charge is 2.16. The molecule has 0 aliphatic carbocycles. The van der Waals surface area contributed by atoms with Gasteiger partial charge in [-0.3, -0.25) is 4.79 Å². The highest BCUT2D eigenvalue weighted by molar-refractivity contribution is 7.88. The molecule has 2 rings (SSSR count). The molecule has 0 saturated heterocycles. The van der Waals surface area contributed by atoms with E-state index in [2.05, 4.69) is 4.99 Å². The number of hydrogen-bond acceptors (Lipinski definition) is 7. The predicted octanol–water partition coefficient (Wildman–Crippen LogP) is 1.23. The zero-order chi connectivity index (χ0) is 21.6. The molecule has 0 N–H and O–H groups in total. The quantitative estimate of drug-likeness (QED) is 0.426. The van der Waals surface area contributed by atoms with Crippen molar-refractivity contribution >= 4 is 43.5 Å². The van der Waals surface area contributed by atoms with Crippen molar-refractivity contribution in [1.29, 1.82) is 0 Å². The van der Waals surface area contributed by atoms with E-state index in [9.17, 15) is 18.0 Å². The normalized spacial score (nSPS) is 12.7. The van der Waals surface area contributed by atoms with Crippen LogP contribution in [0.2, 0.25) is 0 Å². The van der Waals surface area contributed by atoms with Crippen LogP contribution in [0.1, 0.15) is 24.2 Å². The molecule has 0 radical (unpaired) electrons. The molecule has 29 heavy (non-hydrogen) atoms. The lowest BCUT2D eigenvalue weighted by Gasteiger charge is -2.10. The maximum atomic E-state index is 12.3. The molecule has 0 atom stereocenters. The minimum absolute atomic E-state index is 0.276. The van der Waals surface area contributed by atoms with Crippen LogP contribution < -0.4 is 4.80 Å². The fourth-order valence-corrected chi connectivity index (χ4v) is 3.92. The summed E-state index contributed by atoms with van der Waals surface area (Å²) in [5.74, 6) is -1.01. The molecule has 0 saturated carbocycles.